The maximum absolute atomic E-state index is 2.38. The first kappa shape index (κ1) is 23.4. The van der Waals surface area contributed by atoms with Crippen LogP contribution in [0.4, 0.5) is 34.1 Å². The van der Waals surface area contributed by atoms with Crippen molar-refractivity contribution >= 4 is 76.5 Å². The molecule has 1 aliphatic heterocycles. The van der Waals surface area contributed by atoms with Crippen LogP contribution >= 0.6 is 11.3 Å². The van der Waals surface area contributed by atoms with Gasteiger partial charge in [-0.05, 0) is 78.9 Å². The SMILES string of the molecule is c1ccc(N2c3ccccc3N(c3ccc(-n4ccc5c6sc7ccccc7c6ccc54)cc3)c3ccccc32)cc1. The summed E-state index contributed by atoms with van der Waals surface area (Å²) in [6.45, 7) is 0. The minimum Gasteiger partial charge on any atom is -0.317 e. The van der Waals surface area contributed by atoms with Crippen LogP contribution in [0, 0.1) is 0 Å². The van der Waals surface area contributed by atoms with Gasteiger partial charge in [-0.15, -0.1) is 11.3 Å². The highest BCUT2D eigenvalue weighted by Crippen LogP contribution is 2.53. The van der Waals surface area contributed by atoms with Crippen LogP contribution in [0.3, 0.4) is 0 Å². The Balaban J connectivity index is 1.16. The number of hydrogen-bond donors (Lipinski definition) is 0. The molecule has 1 aliphatic rings. The number of aromatic nitrogens is 1. The molecule has 198 valence electrons. The summed E-state index contributed by atoms with van der Waals surface area (Å²) in [5.74, 6) is 0. The van der Waals surface area contributed by atoms with E-state index < -0.39 is 0 Å². The molecule has 0 radical (unpaired) electrons. The Hall–Kier alpha value is -5.32. The fraction of sp³-hybridized carbons (Fsp3) is 0. The van der Waals surface area contributed by atoms with Gasteiger partial charge in [0.05, 0.1) is 28.3 Å². The zero-order valence-electron chi connectivity index (χ0n) is 22.7. The minimum atomic E-state index is 1.13. The van der Waals surface area contributed by atoms with E-state index in [-0.39, 0.29) is 0 Å². The molecule has 0 aliphatic carbocycles. The fourth-order valence-corrected chi connectivity index (χ4v) is 7.69. The number of fused-ring (bicyclic) bond motifs is 7. The molecule has 0 atom stereocenters. The standard InChI is InChI=1S/C38H25N3S/c1-2-10-27(11-3-1)40-33-13-5-7-15-35(33)41(36-16-8-6-14-34(36)40)28-20-18-26(19-21-28)39-25-24-31-32(39)23-22-30-29-12-4-9-17-37(29)42-38(30)31/h1-25H. The van der Waals surface area contributed by atoms with Crippen LogP contribution in [0.1, 0.15) is 0 Å². The van der Waals surface area contributed by atoms with E-state index in [9.17, 15) is 0 Å². The Morgan fingerprint density at radius 1 is 0.381 bits per heavy atom. The van der Waals surface area contributed by atoms with Crippen molar-refractivity contribution in [2.24, 2.45) is 0 Å². The lowest BCUT2D eigenvalue weighted by Gasteiger charge is -2.40. The Kier molecular flexibility index (Phi) is 5.07. The summed E-state index contributed by atoms with van der Waals surface area (Å²) in [6, 6.07) is 52.4. The molecule has 0 spiro atoms. The van der Waals surface area contributed by atoms with Gasteiger partial charge in [-0.25, -0.2) is 0 Å². The Labute approximate surface area is 247 Å². The monoisotopic (exact) mass is 555 g/mol. The molecule has 4 heteroatoms. The van der Waals surface area contributed by atoms with Crippen molar-refractivity contribution in [3.8, 4) is 5.69 Å². The van der Waals surface area contributed by atoms with E-state index in [1.54, 1.807) is 0 Å². The van der Waals surface area contributed by atoms with Crippen molar-refractivity contribution in [3.05, 3.63) is 152 Å². The topological polar surface area (TPSA) is 11.4 Å². The summed E-state index contributed by atoms with van der Waals surface area (Å²) >= 11 is 1.88. The van der Waals surface area contributed by atoms with Crippen LogP contribution in [0.2, 0.25) is 0 Å². The molecule has 0 bridgehead atoms. The van der Waals surface area contributed by atoms with Crippen molar-refractivity contribution < 1.29 is 0 Å². The van der Waals surface area contributed by atoms with Crippen molar-refractivity contribution in [3.63, 3.8) is 0 Å². The van der Waals surface area contributed by atoms with E-state index >= 15 is 0 Å². The summed E-state index contributed by atoms with van der Waals surface area (Å²) in [6.07, 6.45) is 2.20. The molecule has 0 saturated carbocycles. The third-order valence-corrected chi connectivity index (χ3v) is 9.56. The Morgan fingerprint density at radius 2 is 0.929 bits per heavy atom. The highest BCUT2D eigenvalue weighted by atomic mass is 32.1. The number of nitrogens with zero attached hydrogens (tertiary/aromatic N) is 3. The number of anilines is 6. The molecule has 9 rings (SSSR count). The van der Waals surface area contributed by atoms with Gasteiger partial charge in [0.1, 0.15) is 0 Å². The van der Waals surface area contributed by atoms with Crippen molar-refractivity contribution in [2.45, 2.75) is 0 Å². The van der Waals surface area contributed by atoms with Gasteiger partial charge >= 0.3 is 0 Å². The molecule has 0 amide bonds. The third kappa shape index (κ3) is 3.39. The summed E-state index contributed by atoms with van der Waals surface area (Å²) in [5, 5.41) is 3.98. The number of para-hydroxylation sites is 5. The van der Waals surface area contributed by atoms with Crippen LogP contribution in [0.25, 0.3) is 36.8 Å². The molecule has 3 nitrogen and oxygen atoms in total. The smallest absolute Gasteiger partial charge is 0.0703 e. The lowest BCUT2D eigenvalue weighted by atomic mass is 10.0. The second-order valence-electron chi connectivity index (χ2n) is 10.7. The van der Waals surface area contributed by atoms with Crippen LogP contribution in [-0.2, 0) is 0 Å². The minimum absolute atomic E-state index is 1.13. The van der Waals surface area contributed by atoms with Gasteiger partial charge < -0.3 is 14.4 Å². The largest absolute Gasteiger partial charge is 0.317 e. The summed E-state index contributed by atoms with van der Waals surface area (Å²) in [7, 11) is 0. The molecule has 0 unspecified atom stereocenters. The molecule has 42 heavy (non-hydrogen) atoms. The van der Waals surface area contributed by atoms with E-state index in [2.05, 4.69) is 166 Å². The normalized spacial score (nSPS) is 12.7. The second kappa shape index (κ2) is 9.10. The lowest BCUT2D eigenvalue weighted by Crippen LogP contribution is -2.23. The van der Waals surface area contributed by atoms with Gasteiger partial charge in [0.2, 0.25) is 0 Å². The Morgan fingerprint density at radius 3 is 1.60 bits per heavy atom. The zero-order valence-corrected chi connectivity index (χ0v) is 23.5. The number of thiophene rings is 1. The third-order valence-electron chi connectivity index (χ3n) is 8.34. The number of rotatable bonds is 3. The first-order chi connectivity index (χ1) is 20.8. The predicted octanol–water partition coefficient (Wildman–Crippen LogP) is 11.3. The summed E-state index contributed by atoms with van der Waals surface area (Å²) in [4.78, 5) is 4.73. The maximum Gasteiger partial charge on any atom is 0.0703 e. The summed E-state index contributed by atoms with van der Waals surface area (Å²) < 4.78 is 5.00. The molecular formula is C38H25N3S. The van der Waals surface area contributed by atoms with Gasteiger partial charge in [0.25, 0.3) is 0 Å². The quantitative estimate of drug-likeness (QED) is 0.215. The fourth-order valence-electron chi connectivity index (χ4n) is 6.46. The van der Waals surface area contributed by atoms with Crippen molar-refractivity contribution in [2.75, 3.05) is 9.80 Å². The molecule has 6 aromatic carbocycles. The maximum atomic E-state index is 2.38. The van der Waals surface area contributed by atoms with Gasteiger partial charge in [0, 0.05) is 48.8 Å². The van der Waals surface area contributed by atoms with E-state index in [1.165, 1.54) is 31.1 Å². The zero-order chi connectivity index (χ0) is 27.6. The van der Waals surface area contributed by atoms with E-state index in [0.29, 0.717) is 0 Å². The van der Waals surface area contributed by atoms with Crippen molar-refractivity contribution in [1.29, 1.82) is 0 Å². The van der Waals surface area contributed by atoms with Gasteiger partial charge in [-0.2, -0.15) is 0 Å². The molecule has 8 aromatic rings. The van der Waals surface area contributed by atoms with Gasteiger partial charge in [-0.1, -0.05) is 66.7 Å². The molecule has 3 heterocycles. The van der Waals surface area contributed by atoms with Crippen LogP contribution in [0.15, 0.2) is 152 Å². The molecule has 0 fully saturated rings. The lowest BCUT2D eigenvalue weighted by molar-refractivity contribution is 1.12. The van der Waals surface area contributed by atoms with E-state index in [0.717, 1.165) is 39.8 Å². The Bertz CT molecular complexity index is 2210. The summed E-state index contributed by atoms with van der Waals surface area (Å²) in [5.41, 5.74) is 9.31. The van der Waals surface area contributed by atoms with Gasteiger partial charge in [0.15, 0.2) is 0 Å². The predicted molar refractivity (Wildman–Crippen MR) is 179 cm³/mol. The number of hydrogen-bond acceptors (Lipinski definition) is 3. The van der Waals surface area contributed by atoms with E-state index in [1.807, 2.05) is 11.3 Å². The molecule has 2 aromatic heterocycles. The molecule has 0 saturated heterocycles. The average molecular weight is 556 g/mol. The highest BCUT2D eigenvalue weighted by Gasteiger charge is 2.29. The average Bonchev–Trinajstić information content (AvgIpc) is 3.66. The number of benzene rings is 6. The van der Waals surface area contributed by atoms with Crippen LogP contribution < -0.4 is 9.80 Å². The first-order valence-corrected chi connectivity index (χ1v) is 15.0. The van der Waals surface area contributed by atoms with Crippen molar-refractivity contribution in [1.82, 2.24) is 4.57 Å². The second-order valence-corrected chi connectivity index (χ2v) is 11.7. The van der Waals surface area contributed by atoms with Crippen LogP contribution in [0.5, 0.6) is 0 Å². The van der Waals surface area contributed by atoms with Crippen LogP contribution in [-0.4, -0.2) is 4.57 Å². The highest BCUT2D eigenvalue weighted by molar-refractivity contribution is 7.26. The first-order valence-electron chi connectivity index (χ1n) is 14.2. The van der Waals surface area contributed by atoms with E-state index in [4.69, 9.17) is 0 Å². The van der Waals surface area contributed by atoms with Gasteiger partial charge in [-0.3, -0.25) is 0 Å². The molecule has 0 N–H and O–H groups in total. The molecular weight excluding hydrogens is 531 g/mol.